The third-order valence-electron chi connectivity index (χ3n) is 5.44. The van der Waals surface area contributed by atoms with Crippen LogP contribution in [0.4, 0.5) is 11.4 Å². The molecule has 0 unspecified atom stereocenters. The van der Waals surface area contributed by atoms with Gasteiger partial charge in [0, 0.05) is 32.3 Å². The Labute approximate surface area is 205 Å². The third-order valence-corrected chi connectivity index (χ3v) is 7.34. The van der Waals surface area contributed by atoms with Crippen LogP contribution in [0.1, 0.15) is 25.4 Å². The number of morpholine rings is 1. The van der Waals surface area contributed by atoms with E-state index in [0.717, 1.165) is 0 Å². The molecule has 2 heterocycles. The van der Waals surface area contributed by atoms with Gasteiger partial charge in [0.2, 0.25) is 10.0 Å². The standard InChI is InChI=1S/C24H31N3O7S/c1-4-26(5-2)22-10-9-20(35(30,31)27-12-14-32-15-13-27)16-21(22)25-23(28)17-33-24(29)11-8-19-7-6-18(3)34-19/h6-11,16H,4-5,12-15,17H2,1-3H3,(H,25,28). The lowest BCUT2D eigenvalue weighted by atomic mass is 10.2. The van der Waals surface area contributed by atoms with Crippen molar-refractivity contribution in [2.75, 3.05) is 56.2 Å². The Kier molecular flexibility index (Phi) is 9.07. The first-order valence-corrected chi connectivity index (χ1v) is 12.9. The maximum absolute atomic E-state index is 13.1. The first-order valence-electron chi connectivity index (χ1n) is 11.4. The lowest BCUT2D eigenvalue weighted by Crippen LogP contribution is -2.40. The summed E-state index contributed by atoms with van der Waals surface area (Å²) in [5, 5.41) is 2.70. The molecule has 1 aromatic heterocycles. The zero-order valence-electron chi connectivity index (χ0n) is 20.2. The van der Waals surface area contributed by atoms with Gasteiger partial charge in [0.15, 0.2) is 6.61 Å². The van der Waals surface area contributed by atoms with Gasteiger partial charge >= 0.3 is 5.97 Å². The first kappa shape index (κ1) is 26.5. The van der Waals surface area contributed by atoms with Gasteiger partial charge in [-0.05, 0) is 57.2 Å². The van der Waals surface area contributed by atoms with E-state index in [1.807, 2.05) is 18.7 Å². The molecule has 1 saturated heterocycles. The second-order valence-electron chi connectivity index (χ2n) is 7.81. The average Bonchev–Trinajstić information content (AvgIpc) is 3.28. The number of furan rings is 1. The molecule has 0 saturated carbocycles. The van der Waals surface area contributed by atoms with E-state index in [9.17, 15) is 18.0 Å². The maximum Gasteiger partial charge on any atom is 0.331 e. The van der Waals surface area contributed by atoms with Gasteiger partial charge < -0.3 is 24.1 Å². The van der Waals surface area contributed by atoms with Crippen LogP contribution in [0.15, 0.2) is 45.7 Å². The van der Waals surface area contributed by atoms with Crippen LogP contribution in [0.2, 0.25) is 0 Å². The Morgan fingerprint density at radius 3 is 2.49 bits per heavy atom. The molecule has 0 bridgehead atoms. The fourth-order valence-corrected chi connectivity index (χ4v) is 5.05. The monoisotopic (exact) mass is 505 g/mol. The second kappa shape index (κ2) is 12.0. The van der Waals surface area contributed by atoms with Crippen molar-refractivity contribution in [3.8, 4) is 0 Å². The van der Waals surface area contributed by atoms with Crippen molar-refractivity contribution < 1.29 is 31.9 Å². The molecule has 3 rings (SSSR count). The number of benzene rings is 1. The lowest BCUT2D eigenvalue weighted by Gasteiger charge is -2.28. The molecule has 0 atom stereocenters. The van der Waals surface area contributed by atoms with Crippen LogP contribution in [-0.2, 0) is 29.1 Å². The van der Waals surface area contributed by atoms with Gasteiger partial charge in [-0.3, -0.25) is 4.79 Å². The number of aryl methyl sites for hydroxylation is 1. The molecular weight excluding hydrogens is 474 g/mol. The van der Waals surface area contributed by atoms with Crippen molar-refractivity contribution in [1.82, 2.24) is 4.31 Å². The van der Waals surface area contributed by atoms with Gasteiger partial charge in [-0.1, -0.05) is 0 Å². The van der Waals surface area contributed by atoms with Crippen molar-refractivity contribution in [1.29, 1.82) is 0 Å². The summed E-state index contributed by atoms with van der Waals surface area (Å²) in [5.41, 5.74) is 0.995. The predicted octanol–water partition coefficient (Wildman–Crippen LogP) is 2.65. The maximum atomic E-state index is 13.1. The van der Waals surface area contributed by atoms with Crippen LogP contribution in [0.25, 0.3) is 6.08 Å². The summed E-state index contributed by atoms with van der Waals surface area (Å²) in [7, 11) is -3.75. The number of rotatable bonds is 10. The number of carbonyl (C=O) groups is 2. The summed E-state index contributed by atoms with van der Waals surface area (Å²) < 4.78 is 43.2. The van der Waals surface area contributed by atoms with Crippen molar-refractivity contribution in [3.05, 3.63) is 47.9 Å². The van der Waals surface area contributed by atoms with E-state index in [-0.39, 0.29) is 18.0 Å². The molecule has 1 aliphatic rings. The van der Waals surface area contributed by atoms with Crippen LogP contribution < -0.4 is 10.2 Å². The van der Waals surface area contributed by atoms with E-state index in [4.69, 9.17) is 13.9 Å². The summed E-state index contributed by atoms with van der Waals surface area (Å²) in [5.74, 6) is -0.0953. The molecule has 0 spiro atoms. The van der Waals surface area contributed by atoms with Crippen LogP contribution >= 0.6 is 0 Å². The number of carbonyl (C=O) groups excluding carboxylic acids is 2. The largest absolute Gasteiger partial charge is 0.462 e. The Morgan fingerprint density at radius 1 is 1.14 bits per heavy atom. The van der Waals surface area contributed by atoms with Gasteiger partial charge in [0.05, 0.1) is 29.5 Å². The number of anilines is 2. The summed E-state index contributed by atoms with van der Waals surface area (Å²) in [6, 6.07) is 8.13. The van der Waals surface area contributed by atoms with E-state index >= 15 is 0 Å². The Hall–Kier alpha value is -3.15. The number of amides is 1. The molecule has 2 aromatic rings. The smallest absolute Gasteiger partial charge is 0.331 e. The lowest BCUT2D eigenvalue weighted by molar-refractivity contribution is -0.142. The van der Waals surface area contributed by atoms with E-state index < -0.39 is 28.5 Å². The molecule has 1 fully saturated rings. The second-order valence-corrected chi connectivity index (χ2v) is 9.74. The SMILES string of the molecule is CCN(CC)c1ccc(S(=O)(=O)N2CCOCC2)cc1NC(=O)COC(=O)C=Cc1ccc(C)o1. The van der Waals surface area contributed by atoms with Crippen molar-refractivity contribution in [2.45, 2.75) is 25.7 Å². The molecule has 1 aliphatic heterocycles. The molecule has 1 aromatic carbocycles. The van der Waals surface area contributed by atoms with Crippen molar-refractivity contribution >= 4 is 39.4 Å². The van der Waals surface area contributed by atoms with E-state index in [1.54, 1.807) is 25.1 Å². The van der Waals surface area contributed by atoms with Gasteiger partial charge in [-0.15, -0.1) is 0 Å². The molecule has 190 valence electrons. The quantitative estimate of drug-likeness (QED) is 0.387. The number of nitrogens with one attached hydrogen (secondary N) is 1. The zero-order valence-corrected chi connectivity index (χ0v) is 21.0. The number of nitrogens with zero attached hydrogens (tertiary/aromatic N) is 2. The van der Waals surface area contributed by atoms with Crippen LogP contribution in [0.5, 0.6) is 0 Å². The van der Waals surface area contributed by atoms with E-state index in [0.29, 0.717) is 49.2 Å². The number of sulfonamides is 1. The highest BCUT2D eigenvalue weighted by molar-refractivity contribution is 7.89. The number of hydrogen-bond donors (Lipinski definition) is 1. The molecule has 11 heteroatoms. The fourth-order valence-electron chi connectivity index (χ4n) is 3.62. The third kappa shape index (κ3) is 6.93. The van der Waals surface area contributed by atoms with Crippen molar-refractivity contribution in [2.24, 2.45) is 0 Å². The molecule has 10 nitrogen and oxygen atoms in total. The number of ether oxygens (including phenoxy) is 2. The van der Waals surface area contributed by atoms with Gasteiger partial charge in [-0.2, -0.15) is 4.31 Å². The highest BCUT2D eigenvalue weighted by Gasteiger charge is 2.27. The van der Waals surface area contributed by atoms with Crippen LogP contribution in [0, 0.1) is 6.92 Å². The minimum absolute atomic E-state index is 0.0688. The summed E-state index contributed by atoms with van der Waals surface area (Å²) >= 11 is 0. The van der Waals surface area contributed by atoms with Gasteiger partial charge in [0.1, 0.15) is 11.5 Å². The normalized spacial score (nSPS) is 14.7. The molecule has 1 amide bonds. The van der Waals surface area contributed by atoms with Crippen LogP contribution in [0.3, 0.4) is 0 Å². The van der Waals surface area contributed by atoms with Gasteiger partial charge in [0.25, 0.3) is 5.91 Å². The average molecular weight is 506 g/mol. The Balaban J connectivity index is 1.73. The molecular formula is C24H31N3O7S. The highest BCUT2D eigenvalue weighted by atomic mass is 32.2. The van der Waals surface area contributed by atoms with Gasteiger partial charge in [-0.25, -0.2) is 13.2 Å². The molecule has 35 heavy (non-hydrogen) atoms. The summed E-state index contributed by atoms with van der Waals surface area (Å²) in [6.45, 7) is 7.68. The number of esters is 1. The topological polar surface area (TPSA) is 118 Å². The minimum Gasteiger partial charge on any atom is -0.462 e. The van der Waals surface area contributed by atoms with Crippen molar-refractivity contribution in [3.63, 3.8) is 0 Å². The molecule has 0 aliphatic carbocycles. The number of hydrogen-bond acceptors (Lipinski definition) is 8. The minimum atomic E-state index is -3.75. The zero-order chi connectivity index (χ0) is 25.4. The molecule has 1 N–H and O–H groups in total. The summed E-state index contributed by atoms with van der Waals surface area (Å²) in [6.07, 6.45) is 2.62. The Morgan fingerprint density at radius 2 is 1.86 bits per heavy atom. The Bertz CT molecular complexity index is 1160. The predicted molar refractivity (Wildman–Crippen MR) is 132 cm³/mol. The molecule has 0 radical (unpaired) electrons. The summed E-state index contributed by atoms with van der Waals surface area (Å²) in [4.78, 5) is 26.6. The van der Waals surface area contributed by atoms with E-state index in [1.165, 1.54) is 28.6 Å². The van der Waals surface area contributed by atoms with Crippen LogP contribution in [-0.4, -0.2) is 70.6 Å². The van der Waals surface area contributed by atoms with E-state index in [2.05, 4.69) is 5.32 Å². The first-order chi connectivity index (χ1) is 16.7. The fraction of sp³-hybridized carbons (Fsp3) is 0.417. The highest BCUT2D eigenvalue weighted by Crippen LogP contribution is 2.30.